The molecule has 0 aliphatic rings. The zero-order valence-electron chi connectivity index (χ0n) is 17.1. The van der Waals surface area contributed by atoms with Gasteiger partial charge in [-0.1, -0.05) is 66.7 Å². The molecule has 150 valence electrons. The smallest absolute Gasteiger partial charge is 0.219 e. The fraction of sp³-hybridized carbons (Fsp3) is 0.0741. The molecule has 1 aromatic heterocycles. The third-order valence-electron chi connectivity index (χ3n) is 5.00. The van der Waals surface area contributed by atoms with Gasteiger partial charge in [0.1, 0.15) is 12.8 Å². The van der Waals surface area contributed by atoms with Gasteiger partial charge in [0, 0.05) is 16.7 Å². The first-order valence-electron chi connectivity index (χ1n) is 9.71. The summed E-state index contributed by atoms with van der Waals surface area (Å²) in [6, 6.07) is 31.4. The second kappa shape index (κ2) is 10.2. The lowest BCUT2D eigenvalue weighted by atomic mass is 9.99. The molecule has 0 bridgehead atoms. The van der Waals surface area contributed by atoms with E-state index in [2.05, 4.69) is 103 Å². The second-order valence-corrected chi connectivity index (χ2v) is 6.98. The average Bonchev–Trinajstić information content (AvgIpc) is 2.79. The van der Waals surface area contributed by atoms with Crippen molar-refractivity contribution in [2.45, 2.75) is 0 Å². The van der Waals surface area contributed by atoms with Gasteiger partial charge in [-0.15, -0.1) is 0 Å². The van der Waals surface area contributed by atoms with Gasteiger partial charge in [-0.2, -0.15) is 4.57 Å². The average molecular weight is 505 g/mol. The maximum absolute atomic E-state index is 5.26. The normalized spacial score (nSPS) is 10.6. The Morgan fingerprint density at radius 3 is 1.90 bits per heavy atom. The molecule has 0 aliphatic heterocycles. The summed E-state index contributed by atoms with van der Waals surface area (Å²) in [6.45, 7) is 0. The number of ether oxygens (including phenoxy) is 1. The van der Waals surface area contributed by atoms with Crippen LogP contribution in [0.15, 0.2) is 97.2 Å². The highest BCUT2D eigenvalue weighted by Gasteiger charge is 2.17. The van der Waals surface area contributed by atoms with Crippen LogP contribution in [0.1, 0.15) is 11.1 Å². The molecule has 0 saturated heterocycles. The highest BCUT2D eigenvalue weighted by molar-refractivity contribution is 5.80. The zero-order valence-corrected chi connectivity index (χ0v) is 19.3. The number of hydrogen-bond acceptors (Lipinski definition) is 1. The number of benzene rings is 3. The molecule has 1 heterocycles. The van der Waals surface area contributed by atoms with E-state index in [0.29, 0.717) is 0 Å². The Labute approximate surface area is 195 Å². The first-order valence-corrected chi connectivity index (χ1v) is 9.71. The number of halogens is 1. The van der Waals surface area contributed by atoms with Crippen molar-refractivity contribution >= 4 is 12.2 Å². The summed E-state index contributed by atoms with van der Waals surface area (Å²) in [6.07, 6.45) is 6.54. The molecule has 4 aromatic rings. The zero-order chi connectivity index (χ0) is 20.1. The van der Waals surface area contributed by atoms with Crippen LogP contribution >= 0.6 is 0 Å². The van der Waals surface area contributed by atoms with Gasteiger partial charge in [0.2, 0.25) is 5.69 Å². The predicted molar refractivity (Wildman–Crippen MR) is 120 cm³/mol. The Kier molecular flexibility index (Phi) is 7.41. The van der Waals surface area contributed by atoms with Crippen molar-refractivity contribution in [1.29, 1.82) is 0 Å². The minimum Gasteiger partial charge on any atom is -1.00 e. The van der Waals surface area contributed by atoms with Crippen molar-refractivity contribution < 1.29 is 33.3 Å². The lowest BCUT2D eigenvalue weighted by Crippen LogP contribution is -3.00. The highest BCUT2D eigenvalue weighted by atomic mass is 127. The lowest BCUT2D eigenvalue weighted by molar-refractivity contribution is -0.660. The monoisotopic (exact) mass is 505 g/mol. The summed E-state index contributed by atoms with van der Waals surface area (Å²) in [5.74, 6) is 0.865. The number of methoxy groups -OCH3 is 1. The van der Waals surface area contributed by atoms with Gasteiger partial charge >= 0.3 is 0 Å². The molecule has 0 spiro atoms. The van der Waals surface area contributed by atoms with Crippen LogP contribution < -0.4 is 33.3 Å². The number of rotatable bonds is 5. The van der Waals surface area contributed by atoms with Gasteiger partial charge in [0.05, 0.1) is 7.11 Å². The third-order valence-corrected chi connectivity index (χ3v) is 5.00. The summed E-state index contributed by atoms with van der Waals surface area (Å²) in [7, 11) is 3.80. The minimum atomic E-state index is 0. The van der Waals surface area contributed by atoms with Gasteiger partial charge in [-0.05, 0) is 47.5 Å². The van der Waals surface area contributed by atoms with E-state index in [0.717, 1.165) is 11.3 Å². The molecular formula is C27H24INO. The van der Waals surface area contributed by atoms with E-state index < -0.39 is 0 Å². The molecule has 0 fully saturated rings. The number of pyridine rings is 1. The Morgan fingerprint density at radius 2 is 1.30 bits per heavy atom. The Hall–Kier alpha value is -2.92. The van der Waals surface area contributed by atoms with E-state index in [9.17, 15) is 0 Å². The molecule has 0 atom stereocenters. The number of hydrogen-bond donors (Lipinski definition) is 0. The van der Waals surface area contributed by atoms with Crippen molar-refractivity contribution in [3.63, 3.8) is 0 Å². The summed E-state index contributed by atoms with van der Waals surface area (Å²) < 4.78 is 7.48. The SMILES string of the molecule is COc1ccc(/C=C/c2cc(-c3ccccc3)c[n+](C)c2-c2ccccc2)cc1.[I-]. The number of aromatic nitrogens is 1. The van der Waals surface area contributed by atoms with E-state index in [1.54, 1.807) is 7.11 Å². The minimum absolute atomic E-state index is 0. The van der Waals surface area contributed by atoms with Crippen LogP contribution in [0.3, 0.4) is 0 Å². The van der Waals surface area contributed by atoms with Gasteiger partial charge in [0.15, 0.2) is 6.20 Å². The van der Waals surface area contributed by atoms with E-state index in [-0.39, 0.29) is 24.0 Å². The summed E-state index contributed by atoms with van der Waals surface area (Å²) in [5.41, 5.74) is 7.11. The van der Waals surface area contributed by atoms with Crippen molar-refractivity contribution in [1.82, 2.24) is 0 Å². The molecule has 0 unspecified atom stereocenters. The van der Waals surface area contributed by atoms with Crippen molar-refractivity contribution in [3.8, 4) is 28.1 Å². The number of nitrogens with zero attached hydrogens (tertiary/aromatic N) is 1. The first kappa shape index (κ1) is 21.8. The van der Waals surface area contributed by atoms with Gasteiger partial charge in [-0.3, -0.25) is 0 Å². The third kappa shape index (κ3) is 4.97. The Bertz CT molecular complexity index is 1120. The Balaban J connectivity index is 0.00000256. The van der Waals surface area contributed by atoms with Gasteiger partial charge in [-0.25, -0.2) is 0 Å². The van der Waals surface area contributed by atoms with E-state index >= 15 is 0 Å². The largest absolute Gasteiger partial charge is 1.00 e. The summed E-state index contributed by atoms with van der Waals surface area (Å²) in [4.78, 5) is 0. The van der Waals surface area contributed by atoms with Crippen LogP contribution in [-0.4, -0.2) is 7.11 Å². The maximum atomic E-state index is 5.26. The van der Waals surface area contributed by atoms with Crippen molar-refractivity contribution in [2.24, 2.45) is 7.05 Å². The molecule has 0 amide bonds. The molecule has 30 heavy (non-hydrogen) atoms. The predicted octanol–water partition coefficient (Wildman–Crippen LogP) is 3.03. The molecule has 3 heteroatoms. The fourth-order valence-electron chi connectivity index (χ4n) is 3.53. The van der Waals surface area contributed by atoms with E-state index in [4.69, 9.17) is 4.74 Å². The lowest BCUT2D eigenvalue weighted by Gasteiger charge is -2.08. The van der Waals surface area contributed by atoms with Gasteiger partial charge < -0.3 is 28.7 Å². The molecule has 0 saturated carbocycles. The molecular weight excluding hydrogens is 481 g/mol. The fourth-order valence-corrected chi connectivity index (χ4v) is 3.53. The Morgan fingerprint density at radius 1 is 0.700 bits per heavy atom. The van der Waals surface area contributed by atoms with E-state index in [1.165, 1.54) is 27.9 Å². The van der Waals surface area contributed by atoms with E-state index in [1.807, 2.05) is 18.2 Å². The van der Waals surface area contributed by atoms with Crippen LogP contribution in [0, 0.1) is 0 Å². The number of aryl methyl sites for hydroxylation is 1. The topological polar surface area (TPSA) is 13.1 Å². The molecule has 3 aromatic carbocycles. The summed E-state index contributed by atoms with van der Waals surface area (Å²) in [5, 5.41) is 0. The summed E-state index contributed by atoms with van der Waals surface area (Å²) >= 11 is 0. The maximum Gasteiger partial charge on any atom is 0.219 e. The highest BCUT2D eigenvalue weighted by Crippen LogP contribution is 2.27. The van der Waals surface area contributed by atoms with Crippen molar-refractivity contribution in [2.75, 3.05) is 7.11 Å². The molecule has 0 radical (unpaired) electrons. The van der Waals surface area contributed by atoms with Crippen LogP contribution in [-0.2, 0) is 7.05 Å². The molecule has 4 rings (SSSR count). The van der Waals surface area contributed by atoms with Crippen molar-refractivity contribution in [3.05, 3.63) is 108 Å². The van der Waals surface area contributed by atoms with Crippen LogP contribution in [0.5, 0.6) is 5.75 Å². The first-order chi connectivity index (χ1) is 14.2. The van der Waals surface area contributed by atoms with Gasteiger partial charge in [0.25, 0.3) is 0 Å². The second-order valence-electron chi connectivity index (χ2n) is 6.98. The quantitative estimate of drug-likeness (QED) is 0.300. The van der Waals surface area contributed by atoms with Crippen LogP contribution in [0.2, 0.25) is 0 Å². The molecule has 0 N–H and O–H groups in total. The standard InChI is InChI=1S/C27H24NO.HI/c1-28-20-25(22-9-5-3-6-10-22)19-24(27(28)23-11-7-4-8-12-23)16-13-21-14-17-26(29-2)18-15-21;/h3-20H,1-2H3;1H/q+1;/p-1/b16-13+;. The van der Waals surface area contributed by atoms with Crippen LogP contribution in [0.25, 0.3) is 34.5 Å². The molecule has 2 nitrogen and oxygen atoms in total. The van der Waals surface area contributed by atoms with Crippen LogP contribution in [0.4, 0.5) is 0 Å². The molecule has 0 aliphatic carbocycles.